The lowest BCUT2D eigenvalue weighted by Gasteiger charge is -2.17. The van der Waals surface area contributed by atoms with Crippen LogP contribution in [0.15, 0.2) is 30.3 Å². The maximum absolute atomic E-state index is 12.5. The van der Waals surface area contributed by atoms with E-state index in [1.165, 1.54) is 0 Å². The van der Waals surface area contributed by atoms with E-state index in [0.717, 1.165) is 18.4 Å². The van der Waals surface area contributed by atoms with Gasteiger partial charge in [-0.05, 0) is 25.3 Å². The molecule has 0 aromatic heterocycles. The summed E-state index contributed by atoms with van der Waals surface area (Å²) >= 11 is 0. The average molecular weight is 301 g/mol. The van der Waals surface area contributed by atoms with Gasteiger partial charge in [0.15, 0.2) is 0 Å². The second kappa shape index (κ2) is 6.38. The van der Waals surface area contributed by atoms with Crippen LogP contribution in [0.5, 0.6) is 0 Å². The Balaban J connectivity index is 1.76. The average Bonchev–Trinajstić information content (AvgIpc) is 3.22. The van der Waals surface area contributed by atoms with Crippen molar-refractivity contribution in [3.8, 4) is 0 Å². The molecule has 2 N–H and O–H groups in total. The van der Waals surface area contributed by atoms with E-state index in [1.54, 1.807) is 4.90 Å². The van der Waals surface area contributed by atoms with Gasteiger partial charge < -0.3 is 15.5 Å². The number of carbonyl (C=O) groups is 2. The molecule has 1 aromatic carbocycles. The van der Waals surface area contributed by atoms with Gasteiger partial charge in [0.05, 0.1) is 5.92 Å². The highest BCUT2D eigenvalue weighted by molar-refractivity contribution is 5.83. The summed E-state index contributed by atoms with van der Waals surface area (Å²) in [5, 5.41) is 5.92. The van der Waals surface area contributed by atoms with Crippen LogP contribution >= 0.6 is 0 Å². The predicted molar refractivity (Wildman–Crippen MR) is 84.5 cm³/mol. The zero-order valence-corrected chi connectivity index (χ0v) is 12.9. The van der Waals surface area contributed by atoms with Gasteiger partial charge >= 0.3 is 6.03 Å². The van der Waals surface area contributed by atoms with E-state index in [0.29, 0.717) is 25.7 Å². The zero-order chi connectivity index (χ0) is 15.5. The lowest BCUT2D eigenvalue weighted by Crippen LogP contribution is -2.40. The molecule has 2 atom stereocenters. The van der Waals surface area contributed by atoms with Crippen molar-refractivity contribution in [2.24, 2.45) is 5.92 Å². The molecule has 5 nitrogen and oxygen atoms in total. The number of nitrogens with one attached hydrogen (secondary N) is 2. The number of carbonyl (C=O) groups excluding carboxylic acids is 2. The number of likely N-dealkylation sites (tertiary alicyclic amines) is 1. The van der Waals surface area contributed by atoms with E-state index < -0.39 is 0 Å². The highest BCUT2D eigenvalue weighted by atomic mass is 16.2. The van der Waals surface area contributed by atoms with Gasteiger partial charge in [-0.2, -0.15) is 0 Å². The Labute approximate surface area is 131 Å². The van der Waals surface area contributed by atoms with Crippen LogP contribution in [-0.2, 0) is 4.79 Å². The summed E-state index contributed by atoms with van der Waals surface area (Å²) in [7, 11) is 0. The molecule has 1 aliphatic carbocycles. The molecule has 22 heavy (non-hydrogen) atoms. The van der Waals surface area contributed by atoms with E-state index in [-0.39, 0.29) is 23.8 Å². The SMILES string of the molecule is CCNC(=O)N1C[C@@H](C(=O)NC2CC2)[C@H](c2ccccc2)C1. The number of rotatable bonds is 4. The number of amides is 3. The van der Waals surface area contributed by atoms with Crippen molar-refractivity contribution in [1.82, 2.24) is 15.5 Å². The molecular formula is C17H23N3O2. The first-order valence-electron chi connectivity index (χ1n) is 8.07. The van der Waals surface area contributed by atoms with E-state index in [4.69, 9.17) is 0 Å². The van der Waals surface area contributed by atoms with Gasteiger partial charge in [0, 0.05) is 31.6 Å². The van der Waals surface area contributed by atoms with Crippen molar-refractivity contribution >= 4 is 11.9 Å². The van der Waals surface area contributed by atoms with Crippen molar-refractivity contribution in [1.29, 1.82) is 0 Å². The molecule has 3 rings (SSSR count). The first kappa shape index (κ1) is 14.9. The van der Waals surface area contributed by atoms with Crippen molar-refractivity contribution in [3.05, 3.63) is 35.9 Å². The molecule has 118 valence electrons. The number of benzene rings is 1. The molecule has 1 saturated carbocycles. The molecule has 2 fully saturated rings. The number of urea groups is 1. The van der Waals surface area contributed by atoms with Gasteiger partial charge in [0.25, 0.3) is 0 Å². The first-order chi connectivity index (χ1) is 10.7. The largest absolute Gasteiger partial charge is 0.353 e. The summed E-state index contributed by atoms with van der Waals surface area (Å²) in [5.41, 5.74) is 1.13. The van der Waals surface area contributed by atoms with Gasteiger partial charge in [-0.3, -0.25) is 4.79 Å². The van der Waals surface area contributed by atoms with Gasteiger partial charge in [-0.1, -0.05) is 30.3 Å². The molecule has 3 amide bonds. The molecule has 1 aromatic rings. The third-order valence-electron chi connectivity index (χ3n) is 4.42. The lowest BCUT2D eigenvalue weighted by molar-refractivity contribution is -0.125. The van der Waals surface area contributed by atoms with Gasteiger partial charge in [0.2, 0.25) is 5.91 Å². The third kappa shape index (κ3) is 3.24. The molecule has 0 spiro atoms. The number of nitrogens with zero attached hydrogens (tertiary/aromatic N) is 1. The fourth-order valence-electron chi connectivity index (χ4n) is 3.07. The Kier molecular flexibility index (Phi) is 4.32. The summed E-state index contributed by atoms with van der Waals surface area (Å²) in [6.45, 7) is 3.59. The maximum atomic E-state index is 12.5. The summed E-state index contributed by atoms with van der Waals surface area (Å²) in [6, 6.07) is 10.3. The van der Waals surface area contributed by atoms with Crippen LogP contribution in [0.25, 0.3) is 0 Å². The summed E-state index contributed by atoms with van der Waals surface area (Å²) in [5.74, 6) is -0.00341. The van der Waals surface area contributed by atoms with E-state index in [1.807, 2.05) is 37.3 Å². The summed E-state index contributed by atoms with van der Waals surface area (Å²) in [6.07, 6.45) is 2.16. The lowest BCUT2D eigenvalue weighted by atomic mass is 9.88. The van der Waals surface area contributed by atoms with E-state index in [2.05, 4.69) is 10.6 Å². The minimum absolute atomic E-state index is 0.0718. The smallest absolute Gasteiger partial charge is 0.317 e. The Morgan fingerprint density at radius 2 is 1.91 bits per heavy atom. The third-order valence-corrected chi connectivity index (χ3v) is 4.42. The molecule has 1 aliphatic heterocycles. The second-order valence-electron chi connectivity index (χ2n) is 6.15. The Hall–Kier alpha value is -2.04. The van der Waals surface area contributed by atoms with Crippen LogP contribution in [0.4, 0.5) is 4.79 Å². The fourth-order valence-corrected chi connectivity index (χ4v) is 3.07. The highest BCUT2D eigenvalue weighted by Gasteiger charge is 2.41. The van der Waals surface area contributed by atoms with E-state index >= 15 is 0 Å². The molecular weight excluding hydrogens is 278 g/mol. The minimum Gasteiger partial charge on any atom is -0.353 e. The van der Waals surface area contributed by atoms with Crippen molar-refractivity contribution in [2.75, 3.05) is 19.6 Å². The van der Waals surface area contributed by atoms with E-state index in [9.17, 15) is 9.59 Å². The Morgan fingerprint density at radius 3 is 2.55 bits per heavy atom. The van der Waals surface area contributed by atoms with Gasteiger partial charge in [-0.15, -0.1) is 0 Å². The standard InChI is InChI=1S/C17H23N3O2/c1-2-18-17(22)20-10-14(12-6-4-3-5-7-12)15(11-20)16(21)19-13-8-9-13/h3-7,13-15H,2,8-11H2,1H3,(H,18,22)(H,19,21)/t14-,15+/m0/s1. The molecule has 5 heteroatoms. The Bertz CT molecular complexity index is 542. The molecule has 1 heterocycles. The Morgan fingerprint density at radius 1 is 1.18 bits per heavy atom. The second-order valence-corrected chi connectivity index (χ2v) is 6.15. The van der Waals surface area contributed by atoms with Gasteiger partial charge in [0.1, 0.15) is 0 Å². The monoisotopic (exact) mass is 301 g/mol. The molecule has 1 saturated heterocycles. The van der Waals surface area contributed by atoms with Crippen LogP contribution in [0.1, 0.15) is 31.2 Å². The van der Waals surface area contributed by atoms with Crippen molar-refractivity contribution in [3.63, 3.8) is 0 Å². The normalized spacial score (nSPS) is 24.1. The zero-order valence-electron chi connectivity index (χ0n) is 12.9. The molecule has 2 aliphatic rings. The number of hydrogen-bond acceptors (Lipinski definition) is 2. The van der Waals surface area contributed by atoms with Crippen LogP contribution in [0, 0.1) is 5.92 Å². The quantitative estimate of drug-likeness (QED) is 0.889. The minimum atomic E-state index is -0.161. The van der Waals surface area contributed by atoms with Crippen LogP contribution in [0.2, 0.25) is 0 Å². The predicted octanol–water partition coefficient (Wildman–Crippen LogP) is 1.71. The molecule has 0 unspecified atom stereocenters. The maximum Gasteiger partial charge on any atom is 0.317 e. The van der Waals surface area contributed by atoms with Crippen molar-refractivity contribution < 1.29 is 9.59 Å². The molecule has 0 radical (unpaired) electrons. The fraction of sp³-hybridized carbons (Fsp3) is 0.529. The summed E-state index contributed by atoms with van der Waals surface area (Å²) in [4.78, 5) is 26.4. The van der Waals surface area contributed by atoms with Crippen LogP contribution in [-0.4, -0.2) is 42.5 Å². The van der Waals surface area contributed by atoms with Crippen LogP contribution in [0.3, 0.4) is 0 Å². The first-order valence-corrected chi connectivity index (χ1v) is 8.07. The van der Waals surface area contributed by atoms with Crippen LogP contribution < -0.4 is 10.6 Å². The van der Waals surface area contributed by atoms with Crippen molar-refractivity contribution in [2.45, 2.75) is 31.7 Å². The highest BCUT2D eigenvalue weighted by Crippen LogP contribution is 2.33. The summed E-state index contributed by atoms with van der Waals surface area (Å²) < 4.78 is 0. The van der Waals surface area contributed by atoms with Gasteiger partial charge in [-0.25, -0.2) is 4.79 Å². The topological polar surface area (TPSA) is 61.4 Å². The molecule has 0 bridgehead atoms. The number of hydrogen-bond donors (Lipinski definition) is 2.